The minimum Gasteiger partial charge on any atom is -0.494 e. The molecule has 3 aromatic rings. The maximum absolute atomic E-state index is 13.4. The molecule has 1 saturated heterocycles. The van der Waals surface area contributed by atoms with Crippen molar-refractivity contribution in [3.8, 4) is 5.75 Å². The maximum Gasteiger partial charge on any atom is 0.236 e. The van der Waals surface area contributed by atoms with E-state index in [1.807, 2.05) is 42.2 Å². The highest BCUT2D eigenvalue weighted by molar-refractivity contribution is 7.91. The first-order chi connectivity index (χ1) is 14.6. The lowest BCUT2D eigenvalue weighted by Gasteiger charge is -2.26. The summed E-state index contributed by atoms with van der Waals surface area (Å²) in [7, 11) is -3.87. The predicted molar refractivity (Wildman–Crippen MR) is 112 cm³/mol. The zero-order valence-electron chi connectivity index (χ0n) is 16.8. The Bertz CT molecular complexity index is 1070. The monoisotopic (exact) mass is 428 g/mol. The number of morpholine rings is 1. The number of hydrogen-bond acceptors (Lipinski definition) is 7. The van der Waals surface area contributed by atoms with Gasteiger partial charge in [0.2, 0.25) is 26.6 Å². The van der Waals surface area contributed by atoms with Crippen molar-refractivity contribution in [3.63, 3.8) is 0 Å². The molecule has 8 heteroatoms. The van der Waals surface area contributed by atoms with Crippen molar-refractivity contribution >= 4 is 15.7 Å². The minimum absolute atomic E-state index is 0.0560. The minimum atomic E-state index is -3.87. The Hall–Kier alpha value is -2.84. The first-order valence-electron chi connectivity index (χ1n) is 9.92. The van der Waals surface area contributed by atoms with E-state index in [2.05, 4.69) is 4.98 Å². The molecule has 4 rings (SSSR count). The molecule has 0 amide bonds. The van der Waals surface area contributed by atoms with Crippen LogP contribution in [0.1, 0.15) is 18.4 Å². The van der Waals surface area contributed by atoms with Gasteiger partial charge in [0.15, 0.2) is 0 Å². The second-order valence-corrected chi connectivity index (χ2v) is 8.75. The van der Waals surface area contributed by atoms with Crippen molar-refractivity contribution in [2.75, 3.05) is 37.8 Å². The van der Waals surface area contributed by atoms with Crippen LogP contribution in [0.15, 0.2) is 68.9 Å². The molecule has 0 radical (unpaired) electrons. The van der Waals surface area contributed by atoms with E-state index in [0.29, 0.717) is 51.0 Å². The lowest BCUT2D eigenvalue weighted by Crippen LogP contribution is -2.36. The molecule has 2 heterocycles. The van der Waals surface area contributed by atoms with Crippen LogP contribution in [0.4, 0.5) is 5.88 Å². The number of nitrogens with zero attached hydrogens (tertiary/aromatic N) is 2. The van der Waals surface area contributed by atoms with Gasteiger partial charge in [-0.15, -0.1) is 0 Å². The first-order valence-corrected chi connectivity index (χ1v) is 11.4. The largest absolute Gasteiger partial charge is 0.494 e. The van der Waals surface area contributed by atoms with E-state index in [1.54, 1.807) is 12.1 Å². The fourth-order valence-electron chi connectivity index (χ4n) is 3.32. The van der Waals surface area contributed by atoms with E-state index >= 15 is 0 Å². The van der Waals surface area contributed by atoms with E-state index in [4.69, 9.17) is 13.9 Å². The van der Waals surface area contributed by atoms with Crippen molar-refractivity contribution in [1.82, 2.24) is 4.98 Å². The van der Waals surface area contributed by atoms with Crippen LogP contribution in [-0.4, -0.2) is 46.3 Å². The molecule has 0 bridgehead atoms. The summed E-state index contributed by atoms with van der Waals surface area (Å²) in [6.45, 7) is 4.51. The Morgan fingerprint density at radius 1 is 1.03 bits per heavy atom. The van der Waals surface area contributed by atoms with Gasteiger partial charge < -0.3 is 18.8 Å². The summed E-state index contributed by atoms with van der Waals surface area (Å²) in [5.41, 5.74) is 0.997. The summed E-state index contributed by atoms with van der Waals surface area (Å²) in [6, 6.07) is 16.1. The van der Waals surface area contributed by atoms with Gasteiger partial charge in [0.25, 0.3) is 0 Å². The normalized spacial score (nSPS) is 14.6. The van der Waals surface area contributed by atoms with Gasteiger partial charge in [-0.25, -0.2) is 8.42 Å². The zero-order valence-corrected chi connectivity index (χ0v) is 17.6. The first kappa shape index (κ1) is 20.4. The van der Waals surface area contributed by atoms with Crippen LogP contribution in [0.3, 0.4) is 0 Å². The van der Waals surface area contributed by atoms with Crippen LogP contribution in [0.2, 0.25) is 0 Å². The molecule has 1 aliphatic rings. The van der Waals surface area contributed by atoms with E-state index in [1.165, 1.54) is 12.1 Å². The van der Waals surface area contributed by atoms with Gasteiger partial charge in [-0.05, 0) is 36.8 Å². The summed E-state index contributed by atoms with van der Waals surface area (Å²) in [5.74, 6) is 1.26. The van der Waals surface area contributed by atoms with Crippen LogP contribution in [0.5, 0.6) is 5.75 Å². The fourth-order valence-corrected chi connectivity index (χ4v) is 4.66. The van der Waals surface area contributed by atoms with Crippen molar-refractivity contribution in [2.24, 2.45) is 0 Å². The highest BCUT2D eigenvalue weighted by atomic mass is 32.2. The van der Waals surface area contributed by atoms with Crippen molar-refractivity contribution < 1.29 is 22.3 Å². The quantitative estimate of drug-likeness (QED) is 0.571. The third-order valence-electron chi connectivity index (χ3n) is 4.82. The summed E-state index contributed by atoms with van der Waals surface area (Å²) < 4.78 is 43.6. The second kappa shape index (κ2) is 8.89. The molecular formula is C22H24N2O5S. The Kier molecular flexibility index (Phi) is 6.06. The topological polar surface area (TPSA) is 81.9 Å². The van der Waals surface area contributed by atoms with Crippen molar-refractivity contribution in [2.45, 2.75) is 23.3 Å². The van der Waals surface area contributed by atoms with Gasteiger partial charge in [0.05, 0.1) is 24.7 Å². The van der Waals surface area contributed by atoms with Gasteiger partial charge in [-0.1, -0.05) is 30.3 Å². The van der Waals surface area contributed by atoms with Crippen LogP contribution in [0, 0.1) is 0 Å². The zero-order chi connectivity index (χ0) is 21.0. The predicted octanol–water partition coefficient (Wildman–Crippen LogP) is 3.33. The van der Waals surface area contributed by atoms with E-state index in [0.717, 1.165) is 5.56 Å². The van der Waals surface area contributed by atoms with Crippen molar-refractivity contribution in [3.05, 3.63) is 66.1 Å². The summed E-state index contributed by atoms with van der Waals surface area (Å²) in [4.78, 5) is 6.45. The smallest absolute Gasteiger partial charge is 0.236 e. The molecule has 0 unspecified atom stereocenters. The Morgan fingerprint density at radius 2 is 1.73 bits per heavy atom. The number of aromatic nitrogens is 1. The molecule has 30 heavy (non-hydrogen) atoms. The SMILES string of the molecule is CCOc1ccc(S(=O)(=O)c2nc(Cc3ccccc3)oc2N2CCOCC2)cc1. The van der Waals surface area contributed by atoms with Gasteiger partial charge >= 0.3 is 0 Å². The third kappa shape index (κ3) is 4.34. The molecule has 0 atom stereocenters. The number of ether oxygens (including phenoxy) is 2. The van der Waals surface area contributed by atoms with Gasteiger partial charge in [0.1, 0.15) is 5.75 Å². The fraction of sp³-hybridized carbons (Fsp3) is 0.318. The average Bonchev–Trinajstić information content (AvgIpc) is 3.20. The standard InChI is InChI=1S/C22H24N2O5S/c1-2-28-18-8-10-19(11-9-18)30(25,26)21-22(24-12-14-27-15-13-24)29-20(23-21)16-17-6-4-3-5-7-17/h3-11H,2,12-16H2,1H3. The lowest BCUT2D eigenvalue weighted by atomic mass is 10.2. The van der Waals surface area contributed by atoms with Crippen LogP contribution in [-0.2, 0) is 21.0 Å². The van der Waals surface area contributed by atoms with Crippen LogP contribution >= 0.6 is 0 Å². The van der Waals surface area contributed by atoms with Crippen LogP contribution < -0.4 is 9.64 Å². The molecule has 7 nitrogen and oxygen atoms in total. The molecule has 2 aromatic carbocycles. The molecule has 0 N–H and O–H groups in total. The number of benzene rings is 2. The van der Waals surface area contributed by atoms with E-state index in [9.17, 15) is 8.42 Å². The number of hydrogen-bond donors (Lipinski definition) is 0. The summed E-state index contributed by atoms with van der Waals surface area (Å²) >= 11 is 0. The van der Waals surface area contributed by atoms with E-state index < -0.39 is 9.84 Å². The summed E-state index contributed by atoms with van der Waals surface area (Å²) in [5, 5.41) is -0.0560. The van der Waals surface area contributed by atoms with Gasteiger partial charge in [-0.2, -0.15) is 4.98 Å². The molecule has 0 saturated carbocycles. The van der Waals surface area contributed by atoms with Gasteiger partial charge in [-0.3, -0.25) is 0 Å². The summed E-state index contributed by atoms with van der Waals surface area (Å²) in [6.07, 6.45) is 0.414. The molecule has 0 spiro atoms. The molecule has 1 aromatic heterocycles. The molecular weight excluding hydrogens is 404 g/mol. The molecule has 1 aliphatic heterocycles. The molecule has 0 aliphatic carbocycles. The lowest BCUT2D eigenvalue weighted by molar-refractivity contribution is 0.120. The number of anilines is 1. The van der Waals surface area contributed by atoms with Crippen LogP contribution in [0.25, 0.3) is 0 Å². The van der Waals surface area contributed by atoms with E-state index in [-0.39, 0.29) is 15.8 Å². The average molecular weight is 429 g/mol. The van der Waals surface area contributed by atoms with Crippen molar-refractivity contribution in [1.29, 1.82) is 0 Å². The Balaban J connectivity index is 1.72. The number of oxazole rings is 1. The number of sulfone groups is 1. The Morgan fingerprint density at radius 3 is 2.40 bits per heavy atom. The third-order valence-corrected chi connectivity index (χ3v) is 6.49. The highest BCUT2D eigenvalue weighted by Gasteiger charge is 2.31. The molecule has 1 fully saturated rings. The van der Waals surface area contributed by atoms with Gasteiger partial charge in [0, 0.05) is 19.5 Å². The maximum atomic E-state index is 13.4. The molecule has 158 valence electrons. The second-order valence-electron chi connectivity index (χ2n) is 6.89. The highest BCUT2D eigenvalue weighted by Crippen LogP contribution is 2.33. The number of rotatable bonds is 7. The Labute approximate surface area is 176 Å².